The molecule has 1 aliphatic carbocycles. The van der Waals surface area contributed by atoms with Gasteiger partial charge in [-0.25, -0.2) is 0 Å². The van der Waals surface area contributed by atoms with E-state index in [1.165, 1.54) is 5.56 Å². The largest absolute Gasteiger partial charge is 0.377 e. The highest BCUT2D eigenvalue weighted by atomic mass is 79.9. The smallest absolute Gasteiger partial charge is 0.0656 e. The van der Waals surface area contributed by atoms with Crippen LogP contribution < -0.4 is 5.32 Å². The van der Waals surface area contributed by atoms with E-state index < -0.39 is 0 Å². The molecule has 0 heterocycles. The van der Waals surface area contributed by atoms with Crippen molar-refractivity contribution in [1.29, 1.82) is 0 Å². The second kappa shape index (κ2) is 6.80. The average molecular weight is 354 g/mol. The molecule has 1 N–H and O–H groups in total. The van der Waals surface area contributed by atoms with E-state index in [0.29, 0.717) is 24.1 Å². The van der Waals surface area contributed by atoms with E-state index in [2.05, 4.69) is 80.1 Å². The van der Waals surface area contributed by atoms with Gasteiger partial charge >= 0.3 is 0 Å². The molecule has 0 amide bonds. The monoisotopic (exact) mass is 353 g/mol. The molecule has 21 heavy (non-hydrogen) atoms. The van der Waals surface area contributed by atoms with Gasteiger partial charge in [-0.15, -0.1) is 0 Å². The predicted octanol–water partition coefficient (Wildman–Crippen LogP) is 4.94. The molecule has 1 aromatic rings. The Hall–Kier alpha value is -0.380. The van der Waals surface area contributed by atoms with Gasteiger partial charge < -0.3 is 10.1 Å². The first-order valence-electron chi connectivity index (χ1n) is 7.93. The van der Waals surface area contributed by atoms with Gasteiger partial charge in [-0.2, -0.15) is 0 Å². The maximum atomic E-state index is 6.04. The highest BCUT2D eigenvalue weighted by Gasteiger charge is 2.49. The normalized spacial score (nSPS) is 25.7. The third-order valence-corrected chi connectivity index (χ3v) is 5.10. The molecule has 1 aliphatic rings. The molecule has 2 rings (SSSR count). The van der Waals surface area contributed by atoms with Gasteiger partial charge in [0.15, 0.2) is 0 Å². The van der Waals surface area contributed by atoms with E-state index in [4.69, 9.17) is 4.74 Å². The number of benzene rings is 1. The molecule has 118 valence electrons. The van der Waals surface area contributed by atoms with Crippen LogP contribution in [0.5, 0.6) is 0 Å². The highest BCUT2D eigenvalue weighted by molar-refractivity contribution is 9.10. The molecule has 0 aliphatic heterocycles. The van der Waals surface area contributed by atoms with E-state index in [9.17, 15) is 0 Å². The first kappa shape index (κ1) is 17.0. The lowest BCUT2D eigenvalue weighted by Gasteiger charge is -2.53. The number of rotatable bonds is 6. The van der Waals surface area contributed by atoms with Crippen LogP contribution in [0.4, 0.5) is 0 Å². The van der Waals surface area contributed by atoms with Crippen molar-refractivity contribution in [3.8, 4) is 0 Å². The standard InChI is InChI=1S/C18H28BrNO/c1-12(2)11-21-17-10-16(18(17,4)5)20-13(3)14-7-6-8-15(19)9-14/h6-9,12-13,16-17,20H,10-11H2,1-5H3. The summed E-state index contributed by atoms with van der Waals surface area (Å²) in [5.41, 5.74) is 1.53. The summed E-state index contributed by atoms with van der Waals surface area (Å²) in [6.45, 7) is 12.1. The Morgan fingerprint density at radius 3 is 2.62 bits per heavy atom. The second-order valence-electron chi connectivity index (χ2n) is 7.27. The van der Waals surface area contributed by atoms with Gasteiger partial charge in [0.1, 0.15) is 0 Å². The SMILES string of the molecule is CC(C)COC1CC(NC(C)c2cccc(Br)c2)C1(C)C. The Kier molecular flexibility index (Phi) is 5.50. The van der Waals surface area contributed by atoms with Crippen molar-refractivity contribution in [3.05, 3.63) is 34.3 Å². The first-order valence-corrected chi connectivity index (χ1v) is 8.73. The number of hydrogen-bond donors (Lipinski definition) is 1. The van der Waals surface area contributed by atoms with Crippen LogP contribution in [0.1, 0.15) is 52.6 Å². The lowest BCUT2D eigenvalue weighted by atomic mass is 9.64. The first-order chi connectivity index (χ1) is 9.80. The third kappa shape index (κ3) is 4.08. The van der Waals surface area contributed by atoms with Crippen LogP contribution in [-0.4, -0.2) is 18.8 Å². The molecule has 3 unspecified atom stereocenters. The van der Waals surface area contributed by atoms with Crippen molar-refractivity contribution in [3.63, 3.8) is 0 Å². The number of hydrogen-bond acceptors (Lipinski definition) is 2. The molecule has 1 saturated carbocycles. The zero-order valence-corrected chi connectivity index (χ0v) is 15.4. The topological polar surface area (TPSA) is 21.3 Å². The van der Waals surface area contributed by atoms with E-state index in [1.807, 2.05) is 0 Å². The minimum atomic E-state index is 0.204. The second-order valence-corrected chi connectivity index (χ2v) is 8.18. The third-order valence-electron chi connectivity index (χ3n) is 4.61. The van der Waals surface area contributed by atoms with Crippen molar-refractivity contribution < 1.29 is 4.74 Å². The van der Waals surface area contributed by atoms with E-state index >= 15 is 0 Å². The van der Waals surface area contributed by atoms with Crippen LogP contribution in [-0.2, 0) is 4.74 Å². The van der Waals surface area contributed by atoms with Gasteiger partial charge in [0.25, 0.3) is 0 Å². The predicted molar refractivity (Wildman–Crippen MR) is 92.5 cm³/mol. The Morgan fingerprint density at radius 1 is 1.33 bits per heavy atom. The summed E-state index contributed by atoms with van der Waals surface area (Å²) in [5.74, 6) is 0.605. The molecule has 2 nitrogen and oxygen atoms in total. The van der Waals surface area contributed by atoms with E-state index in [-0.39, 0.29) is 5.41 Å². The summed E-state index contributed by atoms with van der Waals surface area (Å²) in [6.07, 6.45) is 1.49. The van der Waals surface area contributed by atoms with Crippen molar-refractivity contribution in [2.45, 2.75) is 59.2 Å². The summed E-state index contributed by atoms with van der Waals surface area (Å²) < 4.78 is 7.18. The summed E-state index contributed by atoms with van der Waals surface area (Å²) in [6, 6.07) is 9.41. The highest BCUT2D eigenvalue weighted by Crippen LogP contribution is 2.44. The minimum absolute atomic E-state index is 0.204. The summed E-state index contributed by atoms with van der Waals surface area (Å²) in [7, 11) is 0. The Balaban J connectivity index is 1.90. The van der Waals surface area contributed by atoms with Crippen LogP contribution in [0.25, 0.3) is 0 Å². The number of halogens is 1. The molecule has 1 aromatic carbocycles. The van der Waals surface area contributed by atoms with Gasteiger partial charge in [0.2, 0.25) is 0 Å². The van der Waals surface area contributed by atoms with Gasteiger partial charge in [-0.05, 0) is 37.0 Å². The van der Waals surface area contributed by atoms with Crippen molar-refractivity contribution in [2.24, 2.45) is 11.3 Å². The molecular formula is C18H28BrNO. The van der Waals surface area contributed by atoms with Gasteiger partial charge in [-0.3, -0.25) is 0 Å². The minimum Gasteiger partial charge on any atom is -0.377 e. The van der Waals surface area contributed by atoms with Gasteiger partial charge in [0, 0.05) is 28.6 Å². The van der Waals surface area contributed by atoms with Crippen molar-refractivity contribution >= 4 is 15.9 Å². The Labute approximate surface area is 137 Å². The van der Waals surface area contributed by atoms with Gasteiger partial charge in [-0.1, -0.05) is 55.8 Å². The molecule has 0 radical (unpaired) electrons. The molecule has 1 fully saturated rings. The van der Waals surface area contributed by atoms with E-state index in [0.717, 1.165) is 17.5 Å². The number of ether oxygens (including phenoxy) is 1. The Bertz CT molecular complexity index is 472. The fraction of sp³-hybridized carbons (Fsp3) is 0.667. The summed E-state index contributed by atoms with van der Waals surface area (Å²) in [5, 5.41) is 3.77. The Morgan fingerprint density at radius 2 is 2.05 bits per heavy atom. The maximum absolute atomic E-state index is 6.04. The molecule has 0 bridgehead atoms. The van der Waals surface area contributed by atoms with Crippen molar-refractivity contribution in [2.75, 3.05) is 6.61 Å². The molecular weight excluding hydrogens is 326 g/mol. The fourth-order valence-electron chi connectivity index (χ4n) is 2.93. The summed E-state index contributed by atoms with van der Waals surface area (Å²) >= 11 is 3.55. The molecule has 0 saturated heterocycles. The van der Waals surface area contributed by atoms with E-state index in [1.54, 1.807) is 0 Å². The lowest BCUT2D eigenvalue weighted by Crippen LogP contribution is -2.61. The zero-order chi connectivity index (χ0) is 15.6. The lowest BCUT2D eigenvalue weighted by molar-refractivity contribution is -0.125. The molecule has 0 aromatic heterocycles. The van der Waals surface area contributed by atoms with Gasteiger partial charge in [0.05, 0.1) is 6.10 Å². The molecule has 0 spiro atoms. The fourth-order valence-corrected chi connectivity index (χ4v) is 3.35. The zero-order valence-electron chi connectivity index (χ0n) is 13.8. The van der Waals surface area contributed by atoms with Crippen LogP contribution in [0.15, 0.2) is 28.7 Å². The van der Waals surface area contributed by atoms with Crippen LogP contribution in [0, 0.1) is 11.3 Å². The van der Waals surface area contributed by atoms with Crippen LogP contribution in [0.3, 0.4) is 0 Å². The van der Waals surface area contributed by atoms with Crippen molar-refractivity contribution in [1.82, 2.24) is 5.32 Å². The average Bonchev–Trinajstić information content (AvgIpc) is 2.41. The van der Waals surface area contributed by atoms with Crippen LogP contribution >= 0.6 is 15.9 Å². The van der Waals surface area contributed by atoms with Crippen LogP contribution in [0.2, 0.25) is 0 Å². The maximum Gasteiger partial charge on any atom is 0.0656 e. The summed E-state index contributed by atoms with van der Waals surface area (Å²) in [4.78, 5) is 0. The quantitative estimate of drug-likeness (QED) is 0.781. The number of nitrogens with one attached hydrogen (secondary N) is 1. The molecule has 3 heteroatoms. The molecule has 3 atom stereocenters.